The molecule has 0 aliphatic rings. The summed E-state index contributed by atoms with van der Waals surface area (Å²) in [5.41, 5.74) is 0. The Morgan fingerprint density at radius 1 is 1.38 bits per heavy atom. The lowest BCUT2D eigenvalue weighted by molar-refractivity contribution is -0.145. The molecule has 0 radical (unpaired) electrons. The number of hydrogen-bond acceptors (Lipinski definition) is 3. The van der Waals surface area contributed by atoms with Crippen LogP contribution in [-0.4, -0.2) is 46.8 Å². The van der Waals surface area contributed by atoms with Crippen molar-refractivity contribution in [1.82, 2.24) is 4.90 Å². The fraction of sp³-hybridized carbons (Fsp3) is 0.889. The number of nitrogens with zero attached hydrogens (tertiary/aromatic N) is 1. The van der Waals surface area contributed by atoms with E-state index in [1.807, 2.05) is 13.8 Å². The summed E-state index contributed by atoms with van der Waals surface area (Å²) >= 11 is 0. The van der Waals surface area contributed by atoms with Crippen molar-refractivity contribution in [2.45, 2.75) is 38.8 Å². The Kier molecular flexibility index (Phi) is 5.66. The van der Waals surface area contributed by atoms with Gasteiger partial charge in [0.05, 0.1) is 6.61 Å². The maximum absolute atomic E-state index is 10.7. The predicted octanol–water partition coefficient (Wildman–Crippen LogP) is 0.552. The van der Waals surface area contributed by atoms with Crippen molar-refractivity contribution < 1.29 is 15.0 Å². The first-order valence-corrected chi connectivity index (χ1v) is 4.64. The number of carboxylic acids is 1. The van der Waals surface area contributed by atoms with E-state index < -0.39 is 12.0 Å². The predicted molar refractivity (Wildman–Crippen MR) is 50.6 cm³/mol. The molecule has 0 aromatic rings. The maximum atomic E-state index is 10.7. The largest absolute Gasteiger partial charge is 0.480 e. The van der Waals surface area contributed by atoms with Gasteiger partial charge in [-0.15, -0.1) is 0 Å². The molecule has 1 unspecified atom stereocenters. The molecule has 78 valence electrons. The van der Waals surface area contributed by atoms with Crippen molar-refractivity contribution in [3.8, 4) is 0 Å². The molecule has 2 N–H and O–H groups in total. The lowest BCUT2D eigenvalue weighted by Crippen LogP contribution is -2.46. The van der Waals surface area contributed by atoms with Crippen LogP contribution in [0, 0.1) is 0 Å². The molecule has 0 aliphatic heterocycles. The monoisotopic (exact) mass is 189 g/mol. The van der Waals surface area contributed by atoms with Crippen LogP contribution in [0.3, 0.4) is 0 Å². The molecule has 4 nitrogen and oxygen atoms in total. The summed E-state index contributed by atoms with van der Waals surface area (Å²) < 4.78 is 0. The average molecular weight is 189 g/mol. The topological polar surface area (TPSA) is 60.8 Å². The highest BCUT2D eigenvalue weighted by Crippen LogP contribution is 2.09. The van der Waals surface area contributed by atoms with Crippen LogP contribution in [0.25, 0.3) is 0 Å². The number of aliphatic hydroxyl groups is 1. The SMILES string of the molecule is CCC(CC)N(C)C(CO)C(=O)O. The molecular formula is C9H19NO3. The van der Waals surface area contributed by atoms with Gasteiger partial charge < -0.3 is 10.2 Å². The molecule has 4 heteroatoms. The number of hydrogen-bond donors (Lipinski definition) is 2. The zero-order chi connectivity index (χ0) is 10.4. The van der Waals surface area contributed by atoms with Gasteiger partial charge in [-0.25, -0.2) is 0 Å². The van der Waals surface area contributed by atoms with Gasteiger partial charge in [0, 0.05) is 6.04 Å². The Morgan fingerprint density at radius 3 is 2.08 bits per heavy atom. The molecule has 0 aromatic heterocycles. The molecule has 0 fully saturated rings. The van der Waals surface area contributed by atoms with Crippen LogP contribution in [0.1, 0.15) is 26.7 Å². The van der Waals surface area contributed by atoms with Gasteiger partial charge in [0.1, 0.15) is 6.04 Å². The zero-order valence-electron chi connectivity index (χ0n) is 8.53. The second-order valence-electron chi connectivity index (χ2n) is 3.17. The third-order valence-electron chi connectivity index (χ3n) is 2.47. The lowest BCUT2D eigenvalue weighted by atomic mass is 10.1. The first kappa shape index (κ1) is 12.4. The fourth-order valence-corrected chi connectivity index (χ4v) is 1.50. The first-order valence-electron chi connectivity index (χ1n) is 4.64. The summed E-state index contributed by atoms with van der Waals surface area (Å²) in [5, 5.41) is 17.7. The van der Waals surface area contributed by atoms with E-state index in [1.54, 1.807) is 11.9 Å². The van der Waals surface area contributed by atoms with E-state index in [0.29, 0.717) is 0 Å². The van der Waals surface area contributed by atoms with Crippen molar-refractivity contribution in [3.05, 3.63) is 0 Å². The highest BCUT2D eigenvalue weighted by atomic mass is 16.4. The Bertz CT molecular complexity index is 157. The smallest absolute Gasteiger partial charge is 0.323 e. The first-order chi connectivity index (χ1) is 6.08. The Morgan fingerprint density at radius 2 is 1.85 bits per heavy atom. The van der Waals surface area contributed by atoms with Crippen LogP contribution in [0.5, 0.6) is 0 Å². The van der Waals surface area contributed by atoms with Crippen LogP contribution in [0.15, 0.2) is 0 Å². The summed E-state index contributed by atoms with van der Waals surface area (Å²) in [6.07, 6.45) is 1.80. The summed E-state index contributed by atoms with van der Waals surface area (Å²) in [6.45, 7) is 3.70. The van der Waals surface area contributed by atoms with Gasteiger partial charge in [0.15, 0.2) is 0 Å². The minimum Gasteiger partial charge on any atom is -0.480 e. The maximum Gasteiger partial charge on any atom is 0.323 e. The van der Waals surface area contributed by atoms with E-state index in [0.717, 1.165) is 12.8 Å². The summed E-state index contributed by atoms with van der Waals surface area (Å²) in [6, 6.07) is -0.543. The number of carboxylic acid groups (broad SMARTS) is 1. The molecule has 0 rings (SSSR count). The normalized spacial score (nSPS) is 13.7. The second kappa shape index (κ2) is 5.94. The van der Waals surface area contributed by atoms with Crippen LogP contribution < -0.4 is 0 Å². The van der Waals surface area contributed by atoms with Gasteiger partial charge in [-0.3, -0.25) is 9.69 Å². The molecule has 0 spiro atoms. The fourth-order valence-electron chi connectivity index (χ4n) is 1.50. The third-order valence-corrected chi connectivity index (χ3v) is 2.47. The van der Waals surface area contributed by atoms with E-state index in [4.69, 9.17) is 10.2 Å². The standard InChI is InChI=1S/C9H19NO3/c1-4-7(5-2)10(3)8(6-11)9(12)13/h7-8,11H,4-6H2,1-3H3,(H,12,13). The second-order valence-corrected chi connectivity index (χ2v) is 3.17. The summed E-state index contributed by atoms with van der Waals surface area (Å²) in [4.78, 5) is 12.4. The van der Waals surface area contributed by atoms with Crippen LogP contribution in [0.4, 0.5) is 0 Å². The number of carbonyl (C=O) groups is 1. The molecular weight excluding hydrogens is 170 g/mol. The van der Waals surface area contributed by atoms with E-state index in [-0.39, 0.29) is 12.6 Å². The Labute approximate surface area is 79.2 Å². The van der Waals surface area contributed by atoms with E-state index in [9.17, 15) is 4.79 Å². The molecule has 0 bridgehead atoms. The van der Waals surface area contributed by atoms with Gasteiger partial charge in [-0.2, -0.15) is 0 Å². The Hall–Kier alpha value is -0.610. The molecule has 0 heterocycles. The van der Waals surface area contributed by atoms with Crippen LogP contribution in [0.2, 0.25) is 0 Å². The molecule has 0 saturated carbocycles. The van der Waals surface area contributed by atoms with Crippen LogP contribution in [-0.2, 0) is 4.79 Å². The minimum atomic E-state index is -0.961. The summed E-state index contributed by atoms with van der Waals surface area (Å²) in [7, 11) is 1.74. The number of rotatable bonds is 6. The Balaban J connectivity index is 4.33. The van der Waals surface area contributed by atoms with Gasteiger partial charge in [0.2, 0.25) is 0 Å². The molecule has 0 aliphatic carbocycles. The highest BCUT2D eigenvalue weighted by molar-refractivity contribution is 5.73. The third kappa shape index (κ3) is 3.32. The van der Waals surface area contributed by atoms with Gasteiger partial charge in [-0.1, -0.05) is 13.8 Å². The van der Waals surface area contributed by atoms with Crippen molar-refractivity contribution in [2.75, 3.05) is 13.7 Å². The lowest BCUT2D eigenvalue weighted by Gasteiger charge is -2.30. The number of likely N-dealkylation sites (N-methyl/N-ethyl adjacent to an activating group) is 1. The summed E-state index contributed by atoms with van der Waals surface area (Å²) in [5.74, 6) is -0.961. The highest BCUT2D eigenvalue weighted by Gasteiger charge is 2.25. The van der Waals surface area contributed by atoms with Crippen molar-refractivity contribution in [3.63, 3.8) is 0 Å². The molecule has 0 saturated heterocycles. The molecule has 0 amide bonds. The molecule has 1 atom stereocenters. The van der Waals surface area contributed by atoms with Gasteiger partial charge in [-0.05, 0) is 19.9 Å². The average Bonchev–Trinajstić information content (AvgIpc) is 2.07. The zero-order valence-corrected chi connectivity index (χ0v) is 8.53. The van der Waals surface area contributed by atoms with Crippen LogP contribution >= 0.6 is 0 Å². The van der Waals surface area contributed by atoms with Crippen molar-refractivity contribution in [1.29, 1.82) is 0 Å². The van der Waals surface area contributed by atoms with Crippen molar-refractivity contribution >= 4 is 5.97 Å². The van der Waals surface area contributed by atoms with E-state index in [2.05, 4.69) is 0 Å². The van der Waals surface area contributed by atoms with E-state index >= 15 is 0 Å². The van der Waals surface area contributed by atoms with Gasteiger partial charge in [0.25, 0.3) is 0 Å². The quantitative estimate of drug-likeness (QED) is 0.640. The van der Waals surface area contributed by atoms with Gasteiger partial charge >= 0.3 is 5.97 Å². The number of aliphatic hydroxyl groups excluding tert-OH is 1. The van der Waals surface area contributed by atoms with E-state index in [1.165, 1.54) is 0 Å². The molecule has 0 aromatic carbocycles. The number of aliphatic carboxylic acids is 1. The van der Waals surface area contributed by atoms with Crippen molar-refractivity contribution in [2.24, 2.45) is 0 Å². The minimum absolute atomic E-state index is 0.230. The molecule has 13 heavy (non-hydrogen) atoms.